The van der Waals surface area contributed by atoms with Gasteiger partial charge >= 0.3 is 6.03 Å². The molecule has 1 fully saturated rings. The number of benzene rings is 1. The molecule has 2 atom stereocenters. The van der Waals surface area contributed by atoms with Crippen molar-refractivity contribution in [1.29, 1.82) is 0 Å². The van der Waals surface area contributed by atoms with Crippen molar-refractivity contribution in [3.05, 3.63) is 35.6 Å². The van der Waals surface area contributed by atoms with Crippen LogP contribution in [0.25, 0.3) is 0 Å². The number of rotatable bonds is 4. The van der Waals surface area contributed by atoms with Gasteiger partial charge in [0.25, 0.3) is 0 Å². The van der Waals surface area contributed by atoms with Gasteiger partial charge in [-0.15, -0.1) is 0 Å². The van der Waals surface area contributed by atoms with Crippen molar-refractivity contribution >= 4 is 21.8 Å². The van der Waals surface area contributed by atoms with Crippen LogP contribution in [-0.2, 0) is 14.6 Å². The summed E-state index contributed by atoms with van der Waals surface area (Å²) in [4.78, 5) is 25.0. The molecule has 1 aliphatic heterocycles. The fraction of sp³-hybridized carbons (Fsp3) is 0.429. The predicted octanol–water partition coefficient (Wildman–Crippen LogP) is 1.24. The summed E-state index contributed by atoms with van der Waals surface area (Å²) < 4.78 is 36.1. The first-order valence-electron chi connectivity index (χ1n) is 6.73. The molecule has 1 aliphatic rings. The smallest absolute Gasteiger partial charge is 0.324 e. The largest absolute Gasteiger partial charge is 0.330 e. The van der Waals surface area contributed by atoms with Crippen molar-refractivity contribution in [2.75, 3.05) is 12.8 Å². The first-order valence-corrected chi connectivity index (χ1v) is 8.69. The molecule has 1 aromatic carbocycles. The van der Waals surface area contributed by atoms with Crippen LogP contribution in [0.3, 0.4) is 0 Å². The second-order valence-corrected chi connectivity index (χ2v) is 7.87. The third-order valence-corrected chi connectivity index (χ3v) is 5.26. The Hall–Kier alpha value is -1.96. The molecule has 0 spiro atoms. The summed E-state index contributed by atoms with van der Waals surface area (Å²) >= 11 is 0. The van der Waals surface area contributed by atoms with Crippen LogP contribution in [0.15, 0.2) is 24.3 Å². The number of carbonyl (C=O) groups is 2. The SMILES string of the molecule is CC(CN1C(=O)CC(c2cccc(F)c2)NC1=O)S(C)(=O)=O. The molecule has 0 saturated carbocycles. The quantitative estimate of drug-likeness (QED) is 0.901. The minimum absolute atomic E-state index is 0.0360. The van der Waals surface area contributed by atoms with Crippen molar-refractivity contribution in [3.63, 3.8) is 0 Å². The topological polar surface area (TPSA) is 83.6 Å². The standard InChI is InChI=1S/C14H17FN2O4S/c1-9(22(2,20)21)8-17-13(18)7-12(16-14(17)19)10-4-3-5-11(15)6-10/h3-6,9,12H,7-8H2,1-2H3,(H,16,19). The summed E-state index contributed by atoms with van der Waals surface area (Å²) in [6.07, 6.45) is 1.02. The van der Waals surface area contributed by atoms with Crippen molar-refractivity contribution in [2.45, 2.75) is 24.6 Å². The lowest BCUT2D eigenvalue weighted by atomic mass is 10.0. The molecule has 6 nitrogen and oxygen atoms in total. The molecule has 1 heterocycles. The van der Waals surface area contributed by atoms with Gasteiger partial charge < -0.3 is 5.32 Å². The van der Waals surface area contributed by atoms with Gasteiger partial charge in [-0.1, -0.05) is 12.1 Å². The molecule has 120 valence electrons. The highest BCUT2D eigenvalue weighted by molar-refractivity contribution is 7.91. The highest BCUT2D eigenvalue weighted by Crippen LogP contribution is 2.23. The van der Waals surface area contributed by atoms with Crippen molar-refractivity contribution in [1.82, 2.24) is 10.2 Å². The van der Waals surface area contributed by atoms with Crippen LogP contribution in [0.5, 0.6) is 0 Å². The molecule has 22 heavy (non-hydrogen) atoms. The van der Waals surface area contributed by atoms with E-state index in [0.717, 1.165) is 11.2 Å². The zero-order chi connectivity index (χ0) is 16.5. The Bertz CT molecular complexity index is 687. The van der Waals surface area contributed by atoms with E-state index in [4.69, 9.17) is 0 Å². The van der Waals surface area contributed by atoms with E-state index in [1.165, 1.54) is 25.1 Å². The lowest BCUT2D eigenvalue weighted by Crippen LogP contribution is -2.53. The van der Waals surface area contributed by atoms with E-state index < -0.39 is 38.9 Å². The number of urea groups is 1. The molecule has 8 heteroatoms. The normalized spacial score (nSPS) is 20.7. The van der Waals surface area contributed by atoms with Gasteiger partial charge in [0.1, 0.15) is 5.82 Å². The average molecular weight is 328 g/mol. The van der Waals surface area contributed by atoms with Crippen LogP contribution in [0.1, 0.15) is 24.9 Å². The zero-order valence-electron chi connectivity index (χ0n) is 12.2. The molecule has 0 aromatic heterocycles. The van der Waals surface area contributed by atoms with Crippen molar-refractivity contribution in [3.8, 4) is 0 Å². The number of halogens is 1. The van der Waals surface area contributed by atoms with Crippen LogP contribution < -0.4 is 5.32 Å². The van der Waals surface area contributed by atoms with Crippen LogP contribution >= 0.6 is 0 Å². The van der Waals surface area contributed by atoms with Gasteiger partial charge in [-0.2, -0.15) is 0 Å². The van der Waals surface area contributed by atoms with Crippen molar-refractivity contribution < 1.29 is 22.4 Å². The molecule has 2 unspecified atom stereocenters. The third kappa shape index (κ3) is 3.62. The summed E-state index contributed by atoms with van der Waals surface area (Å²) in [6, 6.07) is 4.37. The lowest BCUT2D eigenvalue weighted by molar-refractivity contribution is -0.130. The lowest BCUT2D eigenvalue weighted by Gasteiger charge is -2.32. The molecule has 0 aliphatic carbocycles. The number of nitrogens with zero attached hydrogens (tertiary/aromatic N) is 1. The van der Waals surface area contributed by atoms with Crippen LogP contribution in [-0.4, -0.2) is 43.3 Å². The molecular weight excluding hydrogens is 311 g/mol. The summed E-state index contributed by atoms with van der Waals surface area (Å²) in [5.74, 6) is -0.930. The van der Waals surface area contributed by atoms with Gasteiger partial charge in [-0.05, 0) is 24.6 Å². The Morgan fingerprint density at radius 3 is 2.64 bits per heavy atom. The van der Waals surface area contributed by atoms with E-state index in [2.05, 4.69) is 5.32 Å². The maximum Gasteiger partial charge on any atom is 0.324 e. The molecule has 2 rings (SSSR count). The number of hydrogen-bond acceptors (Lipinski definition) is 4. The van der Waals surface area contributed by atoms with E-state index >= 15 is 0 Å². The minimum Gasteiger partial charge on any atom is -0.330 e. The number of nitrogens with one attached hydrogen (secondary N) is 1. The van der Waals surface area contributed by atoms with E-state index in [9.17, 15) is 22.4 Å². The Balaban J connectivity index is 2.13. The Kier molecular flexibility index (Phi) is 4.50. The minimum atomic E-state index is -3.34. The van der Waals surface area contributed by atoms with Gasteiger partial charge in [0.15, 0.2) is 9.84 Å². The van der Waals surface area contributed by atoms with E-state index in [-0.39, 0.29) is 13.0 Å². The Morgan fingerprint density at radius 2 is 2.09 bits per heavy atom. The Morgan fingerprint density at radius 1 is 1.41 bits per heavy atom. The fourth-order valence-corrected chi connectivity index (χ4v) is 2.60. The van der Waals surface area contributed by atoms with Gasteiger partial charge in [-0.25, -0.2) is 17.6 Å². The van der Waals surface area contributed by atoms with E-state index in [1.807, 2.05) is 0 Å². The summed E-state index contributed by atoms with van der Waals surface area (Å²) in [6.45, 7) is 1.24. The average Bonchev–Trinajstić information content (AvgIpc) is 2.41. The molecule has 3 amide bonds. The third-order valence-electron chi connectivity index (χ3n) is 3.64. The van der Waals surface area contributed by atoms with Crippen LogP contribution in [0.2, 0.25) is 0 Å². The summed E-state index contributed by atoms with van der Waals surface area (Å²) in [5, 5.41) is 1.76. The second-order valence-electron chi connectivity index (χ2n) is 5.41. The first kappa shape index (κ1) is 16.4. The molecular formula is C14H17FN2O4S. The zero-order valence-corrected chi connectivity index (χ0v) is 13.1. The first-order chi connectivity index (χ1) is 10.2. The molecule has 0 radical (unpaired) electrons. The number of amides is 3. The maximum absolute atomic E-state index is 13.2. The fourth-order valence-electron chi connectivity index (χ4n) is 2.18. The Labute approximate surface area is 128 Å². The molecule has 1 aromatic rings. The number of sulfone groups is 1. The van der Waals surface area contributed by atoms with Crippen LogP contribution in [0.4, 0.5) is 9.18 Å². The second kappa shape index (κ2) is 6.04. The predicted molar refractivity (Wildman–Crippen MR) is 78.3 cm³/mol. The van der Waals surface area contributed by atoms with Crippen molar-refractivity contribution in [2.24, 2.45) is 0 Å². The van der Waals surface area contributed by atoms with Gasteiger partial charge in [0.05, 0.1) is 17.7 Å². The summed E-state index contributed by atoms with van der Waals surface area (Å²) in [5.41, 5.74) is 0.498. The number of imide groups is 1. The van der Waals surface area contributed by atoms with Gasteiger partial charge in [-0.3, -0.25) is 9.69 Å². The number of carbonyl (C=O) groups excluding carboxylic acids is 2. The monoisotopic (exact) mass is 328 g/mol. The molecule has 0 bridgehead atoms. The van der Waals surface area contributed by atoms with E-state index in [0.29, 0.717) is 5.56 Å². The highest BCUT2D eigenvalue weighted by Gasteiger charge is 2.35. The van der Waals surface area contributed by atoms with Gasteiger partial charge in [0, 0.05) is 12.8 Å². The molecule has 1 saturated heterocycles. The highest BCUT2D eigenvalue weighted by atomic mass is 32.2. The molecule has 1 N–H and O–H groups in total. The number of hydrogen-bond donors (Lipinski definition) is 1. The van der Waals surface area contributed by atoms with Gasteiger partial charge in [0.2, 0.25) is 5.91 Å². The summed E-state index contributed by atoms with van der Waals surface area (Å²) in [7, 11) is -3.34. The van der Waals surface area contributed by atoms with Crippen LogP contribution in [0, 0.1) is 5.82 Å². The maximum atomic E-state index is 13.2. The van der Waals surface area contributed by atoms with E-state index in [1.54, 1.807) is 6.07 Å².